The van der Waals surface area contributed by atoms with Gasteiger partial charge in [-0.1, -0.05) is 30.0 Å². The molecule has 0 heterocycles. The number of carbonyl (C=O) groups excluding carboxylic acids is 2. The van der Waals surface area contributed by atoms with Crippen molar-refractivity contribution in [2.24, 2.45) is 5.92 Å². The Morgan fingerprint density at radius 2 is 2.00 bits per heavy atom. The van der Waals surface area contributed by atoms with E-state index < -0.39 is 11.9 Å². The highest BCUT2D eigenvalue weighted by Crippen LogP contribution is 2.06. The Balaban J connectivity index is 2.49. The molecule has 1 aromatic carbocycles. The highest BCUT2D eigenvalue weighted by molar-refractivity contribution is 5.98. The smallest absolute Gasteiger partial charge is 0.318 e. The molecule has 0 aliphatic heterocycles. The molecule has 1 aromatic rings. The second kappa shape index (κ2) is 7.74. The van der Waals surface area contributed by atoms with E-state index in [2.05, 4.69) is 17.8 Å². The number of terminal acetylenes is 1. The van der Waals surface area contributed by atoms with Gasteiger partial charge in [0.2, 0.25) is 0 Å². The Kier molecular flexibility index (Phi) is 5.92. The van der Waals surface area contributed by atoms with Crippen molar-refractivity contribution >= 4 is 11.8 Å². The van der Waals surface area contributed by atoms with Gasteiger partial charge in [-0.3, -0.25) is 9.59 Å². The van der Waals surface area contributed by atoms with E-state index in [1.807, 2.05) is 30.3 Å². The van der Waals surface area contributed by atoms with Gasteiger partial charge in [0.05, 0.1) is 0 Å². The number of hydrogen-bond acceptors (Lipinski definition) is 3. The van der Waals surface area contributed by atoms with Crippen LogP contribution in [0, 0.1) is 30.1 Å². The zero-order valence-electron chi connectivity index (χ0n) is 10.7. The standard InChI is InChI=1S/C16H14O3/c1-3-8-15(13(2)17)16(18)19-12-7-11-14-9-5-4-6-10-14/h1,4-6,9-10,15H,8,12H2,2H3. The van der Waals surface area contributed by atoms with Gasteiger partial charge in [-0.2, -0.15) is 0 Å². The monoisotopic (exact) mass is 254 g/mol. The Hall–Kier alpha value is -2.52. The highest BCUT2D eigenvalue weighted by atomic mass is 16.5. The molecule has 0 aliphatic rings. The molecule has 1 atom stereocenters. The molecular weight excluding hydrogens is 240 g/mol. The van der Waals surface area contributed by atoms with Crippen LogP contribution in [0.4, 0.5) is 0 Å². The first-order valence-corrected chi connectivity index (χ1v) is 5.79. The van der Waals surface area contributed by atoms with Crippen molar-refractivity contribution in [3.8, 4) is 24.2 Å². The topological polar surface area (TPSA) is 43.4 Å². The maximum Gasteiger partial charge on any atom is 0.318 e. The molecule has 96 valence electrons. The molecule has 0 aromatic heterocycles. The minimum atomic E-state index is -0.886. The van der Waals surface area contributed by atoms with Gasteiger partial charge in [-0.25, -0.2) is 0 Å². The summed E-state index contributed by atoms with van der Waals surface area (Å²) < 4.78 is 4.91. The van der Waals surface area contributed by atoms with Gasteiger partial charge in [0, 0.05) is 12.0 Å². The van der Waals surface area contributed by atoms with Crippen LogP contribution < -0.4 is 0 Å². The third-order valence-corrected chi connectivity index (χ3v) is 2.39. The van der Waals surface area contributed by atoms with Gasteiger partial charge >= 0.3 is 5.97 Å². The van der Waals surface area contributed by atoms with Crippen LogP contribution in [0.3, 0.4) is 0 Å². The van der Waals surface area contributed by atoms with Crippen molar-refractivity contribution in [3.05, 3.63) is 35.9 Å². The zero-order valence-corrected chi connectivity index (χ0v) is 10.7. The summed E-state index contributed by atoms with van der Waals surface area (Å²) in [5.74, 6) is 6.05. The number of ether oxygens (including phenoxy) is 1. The Bertz CT molecular complexity index is 541. The van der Waals surface area contributed by atoms with Crippen LogP contribution in [0.5, 0.6) is 0 Å². The van der Waals surface area contributed by atoms with E-state index in [1.54, 1.807) is 0 Å². The summed E-state index contributed by atoms with van der Waals surface area (Å²) in [7, 11) is 0. The summed E-state index contributed by atoms with van der Waals surface area (Å²) in [6.07, 6.45) is 5.15. The van der Waals surface area contributed by atoms with Gasteiger partial charge in [-0.05, 0) is 19.1 Å². The van der Waals surface area contributed by atoms with Crippen LogP contribution in [-0.2, 0) is 14.3 Å². The molecule has 0 saturated carbocycles. The molecular formula is C16H14O3. The maximum absolute atomic E-state index is 11.6. The number of carbonyl (C=O) groups is 2. The van der Waals surface area contributed by atoms with Crippen molar-refractivity contribution in [1.29, 1.82) is 0 Å². The fourth-order valence-electron chi connectivity index (χ4n) is 1.38. The highest BCUT2D eigenvalue weighted by Gasteiger charge is 2.23. The Labute approximate surface area is 113 Å². The first-order chi connectivity index (χ1) is 9.15. The van der Waals surface area contributed by atoms with Gasteiger partial charge in [0.15, 0.2) is 6.61 Å². The minimum absolute atomic E-state index is 0.0535. The van der Waals surface area contributed by atoms with Crippen molar-refractivity contribution in [3.63, 3.8) is 0 Å². The molecule has 0 aliphatic carbocycles. The summed E-state index contributed by atoms with van der Waals surface area (Å²) >= 11 is 0. The van der Waals surface area contributed by atoms with E-state index in [4.69, 9.17) is 11.2 Å². The average molecular weight is 254 g/mol. The predicted molar refractivity (Wildman–Crippen MR) is 71.9 cm³/mol. The molecule has 0 N–H and O–H groups in total. The van der Waals surface area contributed by atoms with E-state index >= 15 is 0 Å². The molecule has 0 amide bonds. The third-order valence-electron chi connectivity index (χ3n) is 2.39. The van der Waals surface area contributed by atoms with Crippen molar-refractivity contribution in [1.82, 2.24) is 0 Å². The van der Waals surface area contributed by atoms with Crippen LogP contribution >= 0.6 is 0 Å². The predicted octanol–water partition coefficient (Wildman–Crippen LogP) is 1.81. The lowest BCUT2D eigenvalue weighted by Gasteiger charge is -2.08. The fraction of sp³-hybridized carbons (Fsp3) is 0.250. The molecule has 0 spiro atoms. The van der Waals surface area contributed by atoms with Crippen molar-refractivity contribution in [2.75, 3.05) is 6.61 Å². The lowest BCUT2D eigenvalue weighted by atomic mass is 10.0. The Morgan fingerprint density at radius 1 is 1.32 bits per heavy atom. The average Bonchev–Trinajstić information content (AvgIpc) is 2.41. The van der Waals surface area contributed by atoms with Crippen LogP contribution in [0.2, 0.25) is 0 Å². The molecule has 19 heavy (non-hydrogen) atoms. The van der Waals surface area contributed by atoms with E-state index in [0.29, 0.717) is 0 Å². The minimum Gasteiger partial charge on any atom is -0.452 e. The van der Waals surface area contributed by atoms with Gasteiger partial charge in [0.1, 0.15) is 11.7 Å². The van der Waals surface area contributed by atoms with E-state index in [-0.39, 0.29) is 18.8 Å². The van der Waals surface area contributed by atoms with E-state index in [9.17, 15) is 9.59 Å². The first kappa shape index (κ1) is 14.5. The number of hydrogen-bond donors (Lipinski definition) is 0. The van der Waals surface area contributed by atoms with Crippen LogP contribution in [0.25, 0.3) is 0 Å². The van der Waals surface area contributed by atoms with Crippen molar-refractivity contribution in [2.45, 2.75) is 13.3 Å². The summed E-state index contributed by atoms with van der Waals surface area (Å²) in [6, 6.07) is 9.34. The van der Waals surface area contributed by atoms with Gasteiger partial charge in [-0.15, -0.1) is 12.3 Å². The molecule has 1 rings (SSSR count). The number of benzene rings is 1. The second-order valence-corrected chi connectivity index (χ2v) is 3.85. The zero-order chi connectivity index (χ0) is 14.1. The molecule has 0 bridgehead atoms. The van der Waals surface area contributed by atoms with Crippen LogP contribution in [0.15, 0.2) is 30.3 Å². The number of ketones is 1. The maximum atomic E-state index is 11.6. The van der Waals surface area contributed by atoms with Gasteiger partial charge in [0.25, 0.3) is 0 Å². The fourth-order valence-corrected chi connectivity index (χ4v) is 1.38. The SMILES string of the molecule is C#CCC(C(C)=O)C(=O)OCC#Cc1ccccc1. The third kappa shape index (κ3) is 5.10. The number of esters is 1. The molecule has 1 unspecified atom stereocenters. The summed E-state index contributed by atoms with van der Waals surface area (Å²) in [6.45, 7) is 1.26. The molecule has 0 radical (unpaired) electrons. The largest absolute Gasteiger partial charge is 0.452 e. The summed E-state index contributed by atoms with van der Waals surface area (Å²) in [5, 5.41) is 0. The quantitative estimate of drug-likeness (QED) is 0.467. The molecule has 3 nitrogen and oxygen atoms in total. The van der Waals surface area contributed by atoms with Gasteiger partial charge < -0.3 is 4.74 Å². The van der Waals surface area contributed by atoms with E-state index in [0.717, 1.165) is 5.56 Å². The lowest BCUT2D eigenvalue weighted by molar-refractivity contribution is -0.150. The normalized spacial score (nSPS) is 10.5. The molecule has 0 saturated heterocycles. The number of rotatable bonds is 4. The van der Waals surface area contributed by atoms with Crippen LogP contribution in [0.1, 0.15) is 18.9 Å². The molecule has 0 fully saturated rings. The summed E-state index contributed by atoms with van der Waals surface area (Å²) in [4.78, 5) is 22.8. The van der Waals surface area contributed by atoms with Crippen molar-refractivity contribution < 1.29 is 14.3 Å². The molecule has 3 heteroatoms. The first-order valence-electron chi connectivity index (χ1n) is 5.79. The number of Topliss-reactive ketones (excluding diaryl/α,β-unsaturated/α-hetero) is 1. The Morgan fingerprint density at radius 3 is 2.58 bits per heavy atom. The lowest BCUT2D eigenvalue weighted by Crippen LogP contribution is -2.24. The van der Waals surface area contributed by atoms with E-state index in [1.165, 1.54) is 6.92 Å². The summed E-state index contributed by atoms with van der Waals surface area (Å²) in [5.41, 5.74) is 0.838. The van der Waals surface area contributed by atoms with Crippen LogP contribution in [-0.4, -0.2) is 18.4 Å². The second-order valence-electron chi connectivity index (χ2n) is 3.85.